The second kappa shape index (κ2) is 6.85. The Morgan fingerprint density at radius 2 is 1.86 bits per heavy atom. The minimum absolute atomic E-state index is 0.0163. The maximum atomic E-state index is 6.37. The van der Waals surface area contributed by atoms with Crippen molar-refractivity contribution in [2.75, 3.05) is 18.0 Å². The largest absolute Gasteiger partial charge is 0.372 e. The molecule has 0 aromatic heterocycles. The Morgan fingerprint density at radius 3 is 2.41 bits per heavy atom. The van der Waals surface area contributed by atoms with E-state index in [1.165, 1.54) is 0 Å². The number of morpholine rings is 1. The highest BCUT2D eigenvalue weighted by molar-refractivity contribution is 6.33. The first-order valence-corrected chi connectivity index (χ1v) is 7.36. The van der Waals surface area contributed by atoms with Gasteiger partial charge in [0.1, 0.15) is 0 Å². The Kier molecular flexibility index (Phi) is 5.10. The summed E-state index contributed by atoms with van der Waals surface area (Å²) in [6.07, 6.45) is 0.324. The van der Waals surface area contributed by atoms with Gasteiger partial charge >= 0.3 is 0 Å². The first kappa shape index (κ1) is 16.4. The molecule has 6 N–H and O–H groups in total. The summed E-state index contributed by atoms with van der Waals surface area (Å²) < 4.78 is 5.73. The number of anilines is 1. The SMILES string of the molecule is CC1CN(c2ccc(N=C(N)N=C(N)N)cc2Cl)CC(C)O1. The number of halogens is 1. The van der Waals surface area contributed by atoms with Crippen LogP contribution < -0.4 is 22.1 Å². The van der Waals surface area contributed by atoms with E-state index in [0.29, 0.717) is 10.7 Å². The summed E-state index contributed by atoms with van der Waals surface area (Å²) in [7, 11) is 0. The summed E-state index contributed by atoms with van der Waals surface area (Å²) >= 11 is 6.37. The van der Waals surface area contributed by atoms with Crippen LogP contribution in [0.3, 0.4) is 0 Å². The molecule has 2 rings (SSSR count). The van der Waals surface area contributed by atoms with Crippen LogP contribution >= 0.6 is 11.6 Å². The fourth-order valence-corrected chi connectivity index (χ4v) is 2.78. The first-order valence-electron chi connectivity index (χ1n) is 6.99. The third-order valence-corrected chi connectivity index (χ3v) is 3.48. The zero-order chi connectivity index (χ0) is 16.3. The van der Waals surface area contributed by atoms with Crippen molar-refractivity contribution in [2.45, 2.75) is 26.1 Å². The van der Waals surface area contributed by atoms with E-state index in [2.05, 4.69) is 14.9 Å². The van der Waals surface area contributed by atoms with Crippen molar-refractivity contribution in [3.8, 4) is 0 Å². The fourth-order valence-electron chi connectivity index (χ4n) is 2.49. The van der Waals surface area contributed by atoms with Gasteiger partial charge < -0.3 is 26.8 Å². The first-order chi connectivity index (χ1) is 10.3. The van der Waals surface area contributed by atoms with Crippen LogP contribution in [0.1, 0.15) is 13.8 Å². The number of guanidine groups is 2. The predicted molar refractivity (Wildman–Crippen MR) is 90.8 cm³/mol. The molecule has 8 heteroatoms. The highest BCUT2D eigenvalue weighted by Gasteiger charge is 2.23. The highest BCUT2D eigenvalue weighted by Crippen LogP contribution is 2.31. The van der Waals surface area contributed by atoms with Gasteiger partial charge in [0.25, 0.3) is 0 Å². The third kappa shape index (κ3) is 4.25. The summed E-state index contributed by atoms with van der Waals surface area (Å²) in [6.45, 7) is 5.68. The van der Waals surface area contributed by atoms with E-state index in [4.69, 9.17) is 33.5 Å². The molecule has 0 spiro atoms. The van der Waals surface area contributed by atoms with Crippen LogP contribution in [0.15, 0.2) is 28.2 Å². The van der Waals surface area contributed by atoms with Crippen molar-refractivity contribution >= 4 is 34.9 Å². The Bertz CT molecular complexity index is 589. The lowest BCUT2D eigenvalue weighted by Gasteiger charge is -2.37. The van der Waals surface area contributed by atoms with E-state index >= 15 is 0 Å². The number of rotatable bonds is 2. The molecule has 0 bridgehead atoms. The Balaban J connectivity index is 2.21. The second-order valence-electron chi connectivity index (χ2n) is 5.30. The van der Waals surface area contributed by atoms with Gasteiger partial charge in [0.15, 0.2) is 5.96 Å². The Labute approximate surface area is 134 Å². The molecule has 2 unspecified atom stereocenters. The monoisotopic (exact) mass is 324 g/mol. The fraction of sp³-hybridized carbons (Fsp3) is 0.429. The van der Waals surface area contributed by atoms with Crippen LogP contribution in [0.4, 0.5) is 11.4 Å². The number of ether oxygens (including phenoxy) is 1. The van der Waals surface area contributed by atoms with Gasteiger partial charge in [-0.25, -0.2) is 4.99 Å². The standard InChI is InChI=1S/C14H21ClN6O/c1-8-6-21(7-9(2)22-8)12-4-3-10(5-11(12)15)19-14(18)20-13(16)17/h3-5,8-9H,6-7H2,1-2H3,(H6,16,17,18,19,20). The van der Waals surface area contributed by atoms with Crippen LogP contribution in [-0.4, -0.2) is 37.2 Å². The lowest BCUT2D eigenvalue weighted by Crippen LogP contribution is -2.45. The zero-order valence-corrected chi connectivity index (χ0v) is 13.4. The molecule has 0 saturated carbocycles. The van der Waals surface area contributed by atoms with Crippen LogP contribution in [-0.2, 0) is 4.74 Å². The Morgan fingerprint density at radius 1 is 1.23 bits per heavy atom. The van der Waals surface area contributed by atoms with E-state index in [-0.39, 0.29) is 24.1 Å². The molecule has 0 aliphatic carbocycles. The molecule has 7 nitrogen and oxygen atoms in total. The normalized spacial score (nSPS) is 22.5. The van der Waals surface area contributed by atoms with Gasteiger partial charge in [-0.05, 0) is 32.0 Å². The van der Waals surface area contributed by atoms with E-state index < -0.39 is 0 Å². The van der Waals surface area contributed by atoms with Crippen molar-refractivity contribution in [3.63, 3.8) is 0 Å². The minimum Gasteiger partial charge on any atom is -0.372 e. The molecular weight excluding hydrogens is 304 g/mol. The van der Waals surface area contributed by atoms with Gasteiger partial charge in [0.2, 0.25) is 5.96 Å². The van der Waals surface area contributed by atoms with Gasteiger partial charge in [-0.3, -0.25) is 0 Å². The topological polar surface area (TPSA) is 115 Å². The summed E-state index contributed by atoms with van der Waals surface area (Å²) in [6, 6.07) is 5.46. The molecule has 1 aromatic rings. The average molecular weight is 325 g/mol. The van der Waals surface area contributed by atoms with Gasteiger partial charge in [-0.1, -0.05) is 11.6 Å². The van der Waals surface area contributed by atoms with Gasteiger partial charge in [0.05, 0.1) is 28.6 Å². The minimum atomic E-state index is -0.139. The van der Waals surface area contributed by atoms with Gasteiger partial charge in [-0.15, -0.1) is 0 Å². The van der Waals surface area contributed by atoms with Crippen molar-refractivity contribution in [2.24, 2.45) is 27.2 Å². The van der Waals surface area contributed by atoms with Crippen LogP contribution in [0, 0.1) is 0 Å². The summed E-state index contributed by atoms with van der Waals surface area (Å²) in [4.78, 5) is 9.96. The number of hydrogen-bond donors (Lipinski definition) is 3. The number of benzene rings is 1. The molecule has 1 saturated heterocycles. The lowest BCUT2D eigenvalue weighted by atomic mass is 10.2. The summed E-state index contributed by atoms with van der Waals surface area (Å²) in [5.41, 5.74) is 17.6. The van der Waals surface area contributed by atoms with E-state index in [1.807, 2.05) is 26.0 Å². The number of aliphatic imine (C=N–C) groups is 2. The maximum Gasteiger partial charge on any atom is 0.223 e. The van der Waals surface area contributed by atoms with E-state index in [9.17, 15) is 0 Å². The molecule has 0 radical (unpaired) electrons. The smallest absolute Gasteiger partial charge is 0.223 e. The van der Waals surface area contributed by atoms with Crippen molar-refractivity contribution in [1.29, 1.82) is 0 Å². The number of nitrogens with zero attached hydrogens (tertiary/aromatic N) is 3. The van der Waals surface area contributed by atoms with Crippen LogP contribution in [0.5, 0.6) is 0 Å². The quantitative estimate of drug-likeness (QED) is 0.558. The Hall–Kier alpha value is -1.99. The van der Waals surface area contributed by atoms with Gasteiger partial charge in [-0.2, -0.15) is 4.99 Å². The molecule has 1 aliphatic rings. The van der Waals surface area contributed by atoms with Crippen molar-refractivity contribution in [1.82, 2.24) is 0 Å². The molecule has 0 amide bonds. The van der Waals surface area contributed by atoms with Gasteiger partial charge in [0, 0.05) is 13.1 Å². The molecule has 2 atom stereocenters. The maximum absolute atomic E-state index is 6.37. The van der Waals surface area contributed by atoms with Crippen molar-refractivity contribution in [3.05, 3.63) is 23.2 Å². The molecular formula is C14H21ClN6O. The van der Waals surface area contributed by atoms with Crippen molar-refractivity contribution < 1.29 is 4.74 Å². The van der Waals surface area contributed by atoms with Crippen LogP contribution in [0.2, 0.25) is 5.02 Å². The number of hydrogen-bond acceptors (Lipinski definition) is 3. The molecule has 1 aliphatic heterocycles. The highest BCUT2D eigenvalue weighted by atomic mass is 35.5. The zero-order valence-electron chi connectivity index (χ0n) is 12.7. The van der Waals surface area contributed by atoms with Crippen LogP contribution in [0.25, 0.3) is 0 Å². The lowest BCUT2D eigenvalue weighted by molar-refractivity contribution is -0.00520. The molecule has 1 fully saturated rings. The average Bonchev–Trinajstić information content (AvgIpc) is 2.36. The molecule has 120 valence electrons. The molecule has 1 aromatic carbocycles. The molecule has 22 heavy (non-hydrogen) atoms. The summed E-state index contributed by atoms with van der Waals surface area (Å²) in [5, 5.41) is 0.597. The number of nitrogens with two attached hydrogens (primary N) is 3. The third-order valence-electron chi connectivity index (χ3n) is 3.18. The predicted octanol–water partition coefficient (Wildman–Crippen LogP) is 1.17. The second-order valence-corrected chi connectivity index (χ2v) is 5.71. The molecule has 1 heterocycles. The van der Waals surface area contributed by atoms with E-state index in [0.717, 1.165) is 18.8 Å². The summed E-state index contributed by atoms with van der Waals surface area (Å²) in [5.74, 6) is -0.155. The van der Waals surface area contributed by atoms with E-state index in [1.54, 1.807) is 6.07 Å².